The standard InChI is InChI=1S/C12H17N7O.2ClH/c1-18(6-9(20)19-4-2-13-3-5-19)12-10-11(15-7-14-10)16-8-17-12;;/h7-8,13H,2-6H2,1H3,(H,14,15,16,17);2*1H. The highest BCUT2D eigenvalue weighted by molar-refractivity contribution is 5.87. The molecule has 0 radical (unpaired) electrons. The zero-order valence-electron chi connectivity index (χ0n) is 12.2. The van der Waals surface area contributed by atoms with Crippen molar-refractivity contribution in [3.8, 4) is 0 Å². The summed E-state index contributed by atoms with van der Waals surface area (Å²) in [6.07, 6.45) is 3.04. The fraction of sp³-hybridized carbons (Fsp3) is 0.500. The predicted molar refractivity (Wildman–Crippen MR) is 88.9 cm³/mol. The lowest BCUT2D eigenvalue weighted by atomic mass is 10.3. The molecule has 2 aromatic rings. The molecule has 1 aliphatic rings. The highest BCUT2D eigenvalue weighted by Gasteiger charge is 2.19. The highest BCUT2D eigenvalue weighted by Crippen LogP contribution is 2.18. The Bertz CT molecular complexity index is 614. The van der Waals surface area contributed by atoms with E-state index in [0.29, 0.717) is 18.0 Å². The minimum absolute atomic E-state index is 0. The molecule has 8 nitrogen and oxygen atoms in total. The van der Waals surface area contributed by atoms with Crippen molar-refractivity contribution in [3.05, 3.63) is 12.7 Å². The van der Waals surface area contributed by atoms with Gasteiger partial charge in [0.25, 0.3) is 0 Å². The van der Waals surface area contributed by atoms with Crippen molar-refractivity contribution in [2.45, 2.75) is 0 Å². The number of aromatic nitrogens is 4. The summed E-state index contributed by atoms with van der Waals surface area (Å²) in [6.45, 7) is 3.53. The van der Waals surface area contributed by atoms with E-state index < -0.39 is 0 Å². The molecule has 1 aliphatic heterocycles. The van der Waals surface area contributed by atoms with Gasteiger partial charge in [-0.2, -0.15) is 0 Å². The quantitative estimate of drug-likeness (QED) is 0.816. The van der Waals surface area contributed by atoms with E-state index in [1.54, 1.807) is 6.33 Å². The van der Waals surface area contributed by atoms with Gasteiger partial charge in [0.05, 0.1) is 12.9 Å². The molecule has 0 spiro atoms. The number of hydrogen-bond donors (Lipinski definition) is 2. The van der Waals surface area contributed by atoms with Gasteiger partial charge in [-0.15, -0.1) is 24.8 Å². The van der Waals surface area contributed by atoms with Crippen LogP contribution in [0.4, 0.5) is 5.82 Å². The number of amides is 1. The van der Waals surface area contributed by atoms with Gasteiger partial charge >= 0.3 is 0 Å². The maximum absolute atomic E-state index is 12.2. The lowest BCUT2D eigenvalue weighted by molar-refractivity contribution is -0.130. The first-order chi connectivity index (χ1) is 9.75. The molecular weight excluding hydrogens is 329 g/mol. The third-order valence-corrected chi connectivity index (χ3v) is 3.41. The zero-order chi connectivity index (χ0) is 13.9. The number of rotatable bonds is 3. The molecule has 1 fully saturated rings. The topological polar surface area (TPSA) is 90.0 Å². The number of imidazole rings is 1. The number of carbonyl (C=O) groups is 1. The summed E-state index contributed by atoms with van der Waals surface area (Å²) in [5.74, 6) is 0.802. The fourth-order valence-electron chi connectivity index (χ4n) is 2.33. The zero-order valence-corrected chi connectivity index (χ0v) is 13.8. The van der Waals surface area contributed by atoms with Crippen molar-refractivity contribution >= 4 is 47.7 Å². The Balaban J connectivity index is 0.00000121. The lowest BCUT2D eigenvalue weighted by Crippen LogP contribution is -2.49. The smallest absolute Gasteiger partial charge is 0.242 e. The number of H-pyrrole nitrogens is 1. The van der Waals surface area contributed by atoms with Gasteiger partial charge in [-0.1, -0.05) is 0 Å². The molecule has 0 aliphatic carbocycles. The second-order valence-corrected chi connectivity index (χ2v) is 4.79. The van der Waals surface area contributed by atoms with E-state index in [-0.39, 0.29) is 30.7 Å². The van der Waals surface area contributed by atoms with Crippen LogP contribution in [0.3, 0.4) is 0 Å². The van der Waals surface area contributed by atoms with Crippen molar-refractivity contribution in [2.75, 3.05) is 44.7 Å². The van der Waals surface area contributed by atoms with Gasteiger partial charge in [-0.3, -0.25) is 4.79 Å². The van der Waals surface area contributed by atoms with Crippen LogP contribution in [0, 0.1) is 0 Å². The van der Waals surface area contributed by atoms with E-state index in [0.717, 1.165) is 31.7 Å². The van der Waals surface area contributed by atoms with Crippen LogP contribution in [-0.2, 0) is 4.79 Å². The molecule has 0 saturated carbocycles. The third-order valence-electron chi connectivity index (χ3n) is 3.41. The first kappa shape index (κ1) is 18.4. The third kappa shape index (κ3) is 3.76. The monoisotopic (exact) mass is 347 g/mol. The number of piperazine rings is 1. The molecular formula is C12H19Cl2N7O. The maximum atomic E-state index is 12.2. The molecule has 0 aromatic carbocycles. The molecule has 10 heteroatoms. The van der Waals surface area contributed by atoms with Gasteiger partial charge in [-0.05, 0) is 0 Å². The molecule has 1 amide bonds. The number of aromatic amines is 1. The number of nitrogens with zero attached hydrogens (tertiary/aromatic N) is 5. The summed E-state index contributed by atoms with van der Waals surface area (Å²) in [7, 11) is 1.85. The maximum Gasteiger partial charge on any atom is 0.242 e. The number of nitrogens with one attached hydrogen (secondary N) is 2. The average molecular weight is 348 g/mol. The van der Waals surface area contributed by atoms with Gasteiger partial charge in [-0.25, -0.2) is 15.0 Å². The number of halogens is 2. The molecule has 1 saturated heterocycles. The fourth-order valence-corrected chi connectivity index (χ4v) is 2.33. The second kappa shape index (κ2) is 8.11. The van der Waals surface area contributed by atoms with Gasteiger partial charge in [0.15, 0.2) is 11.5 Å². The van der Waals surface area contributed by atoms with E-state index in [9.17, 15) is 4.79 Å². The molecule has 2 N–H and O–H groups in total. The summed E-state index contributed by atoms with van der Waals surface area (Å²) in [5, 5.41) is 3.23. The molecule has 3 rings (SSSR count). The molecule has 22 heavy (non-hydrogen) atoms. The molecule has 0 unspecified atom stereocenters. The summed E-state index contributed by atoms with van der Waals surface area (Å²) < 4.78 is 0. The van der Waals surface area contributed by atoms with Gasteiger partial charge < -0.3 is 20.1 Å². The number of likely N-dealkylation sites (N-methyl/N-ethyl adjacent to an activating group) is 1. The number of anilines is 1. The van der Waals surface area contributed by atoms with Crippen LogP contribution in [-0.4, -0.2) is 70.5 Å². The van der Waals surface area contributed by atoms with E-state index >= 15 is 0 Å². The summed E-state index contributed by atoms with van der Waals surface area (Å²) in [6, 6.07) is 0. The average Bonchev–Trinajstić information content (AvgIpc) is 2.96. The Hall–Kier alpha value is -1.64. The first-order valence-corrected chi connectivity index (χ1v) is 6.59. The Labute approximate surface area is 140 Å². The van der Waals surface area contributed by atoms with Crippen LogP contribution in [0.5, 0.6) is 0 Å². The van der Waals surface area contributed by atoms with Crippen molar-refractivity contribution < 1.29 is 4.79 Å². The summed E-state index contributed by atoms with van der Waals surface area (Å²) in [4.78, 5) is 31.4. The van der Waals surface area contributed by atoms with Crippen LogP contribution in [0.1, 0.15) is 0 Å². The van der Waals surface area contributed by atoms with Crippen LogP contribution in [0.25, 0.3) is 11.2 Å². The minimum Gasteiger partial charge on any atom is -0.348 e. The molecule has 0 bridgehead atoms. The van der Waals surface area contributed by atoms with E-state index in [2.05, 4.69) is 25.3 Å². The lowest BCUT2D eigenvalue weighted by Gasteiger charge is -2.29. The number of fused-ring (bicyclic) bond motifs is 1. The van der Waals surface area contributed by atoms with Crippen molar-refractivity contribution in [3.63, 3.8) is 0 Å². The highest BCUT2D eigenvalue weighted by atomic mass is 35.5. The number of carbonyl (C=O) groups excluding carboxylic acids is 1. The van der Waals surface area contributed by atoms with E-state index in [1.165, 1.54) is 6.33 Å². The van der Waals surface area contributed by atoms with Crippen LogP contribution in [0.2, 0.25) is 0 Å². The van der Waals surface area contributed by atoms with Crippen LogP contribution in [0.15, 0.2) is 12.7 Å². The van der Waals surface area contributed by atoms with Gasteiger partial charge in [0.2, 0.25) is 5.91 Å². The predicted octanol–water partition coefficient (Wildman–Crippen LogP) is 0.0645. The first-order valence-electron chi connectivity index (χ1n) is 6.59. The van der Waals surface area contributed by atoms with Crippen LogP contribution >= 0.6 is 24.8 Å². The van der Waals surface area contributed by atoms with Crippen molar-refractivity contribution in [2.24, 2.45) is 0 Å². The Morgan fingerprint density at radius 2 is 2.00 bits per heavy atom. The Morgan fingerprint density at radius 1 is 1.27 bits per heavy atom. The summed E-state index contributed by atoms with van der Waals surface area (Å²) in [5.41, 5.74) is 1.36. The Kier molecular flexibility index (Phi) is 6.79. The summed E-state index contributed by atoms with van der Waals surface area (Å²) >= 11 is 0. The Morgan fingerprint density at radius 3 is 2.73 bits per heavy atom. The minimum atomic E-state index is 0. The SMILES string of the molecule is CN(CC(=O)N1CCNCC1)c1ncnc2nc[nH]c12.Cl.Cl. The largest absolute Gasteiger partial charge is 0.348 e. The number of hydrogen-bond acceptors (Lipinski definition) is 6. The van der Waals surface area contributed by atoms with Crippen molar-refractivity contribution in [1.82, 2.24) is 30.2 Å². The van der Waals surface area contributed by atoms with Gasteiger partial charge in [0, 0.05) is 33.2 Å². The molecule has 2 aromatic heterocycles. The van der Waals surface area contributed by atoms with E-state index in [4.69, 9.17) is 0 Å². The van der Waals surface area contributed by atoms with E-state index in [1.807, 2.05) is 16.8 Å². The molecule has 0 atom stereocenters. The second-order valence-electron chi connectivity index (χ2n) is 4.79. The van der Waals surface area contributed by atoms with Crippen molar-refractivity contribution in [1.29, 1.82) is 0 Å². The van der Waals surface area contributed by atoms with Crippen LogP contribution < -0.4 is 10.2 Å². The van der Waals surface area contributed by atoms with Gasteiger partial charge in [0.1, 0.15) is 11.8 Å². The molecule has 122 valence electrons. The normalized spacial score (nSPS) is 14.1. The molecule has 3 heterocycles.